The van der Waals surface area contributed by atoms with Gasteiger partial charge in [0.25, 0.3) is 0 Å². The van der Waals surface area contributed by atoms with Crippen LogP contribution < -0.4 is 0 Å². The van der Waals surface area contributed by atoms with E-state index in [0.29, 0.717) is 23.4 Å². The molecule has 6 nitrogen and oxygen atoms in total. The molecule has 3 heterocycles. The van der Waals surface area contributed by atoms with E-state index in [-0.39, 0.29) is 0 Å². The molecule has 0 bridgehead atoms. The Kier molecular flexibility index (Phi) is 7.25. The smallest absolute Gasteiger partial charge is 0.235 e. The number of nitrogens with zero attached hydrogens (tertiary/aromatic N) is 6. The van der Waals surface area contributed by atoms with Gasteiger partial charge in [0.15, 0.2) is 17.5 Å². The summed E-state index contributed by atoms with van der Waals surface area (Å²) in [7, 11) is 0. The molecule has 9 aromatic rings. The second-order valence-electron chi connectivity index (χ2n) is 12.3. The van der Waals surface area contributed by atoms with Crippen molar-refractivity contribution in [1.29, 1.82) is 0 Å². The maximum absolute atomic E-state index is 5.18. The van der Waals surface area contributed by atoms with Gasteiger partial charge in [0, 0.05) is 38.6 Å². The van der Waals surface area contributed by atoms with Crippen LogP contribution in [0.25, 0.3) is 84.4 Å². The molecule has 236 valence electrons. The summed E-state index contributed by atoms with van der Waals surface area (Å²) in [6.45, 7) is 2.12. The highest BCUT2D eigenvalue weighted by Crippen LogP contribution is 2.36. The van der Waals surface area contributed by atoms with Crippen molar-refractivity contribution in [2.45, 2.75) is 6.92 Å². The first kappa shape index (κ1) is 29.4. The first-order valence-electron chi connectivity index (χ1n) is 16.6. The maximum atomic E-state index is 5.18. The standard InChI is InChI=1S/C44H30N6/c1-29-22-24-39-35(26-29)36-27-34(43-48-41(32-18-10-4-11-19-32)47-42(49-43)33-20-12-5-13-21-33)23-25-40(36)50(39)44-45-37(30-14-6-2-7-15-30)28-38(46-44)31-16-8-3-9-17-31/h2-28H,1H3. The molecule has 9 rings (SSSR count). The maximum Gasteiger partial charge on any atom is 0.235 e. The number of hydrogen-bond acceptors (Lipinski definition) is 5. The average Bonchev–Trinajstić information content (AvgIpc) is 3.51. The van der Waals surface area contributed by atoms with Crippen LogP contribution in [0.4, 0.5) is 0 Å². The van der Waals surface area contributed by atoms with E-state index in [1.165, 1.54) is 5.56 Å². The van der Waals surface area contributed by atoms with E-state index >= 15 is 0 Å². The Morgan fingerprint density at radius 1 is 0.360 bits per heavy atom. The molecule has 0 aliphatic carbocycles. The van der Waals surface area contributed by atoms with Crippen molar-refractivity contribution >= 4 is 21.8 Å². The number of rotatable bonds is 6. The molecule has 6 aromatic carbocycles. The summed E-state index contributed by atoms with van der Waals surface area (Å²) >= 11 is 0. The van der Waals surface area contributed by atoms with Gasteiger partial charge in [-0.25, -0.2) is 24.9 Å². The number of benzene rings is 6. The normalized spacial score (nSPS) is 11.3. The van der Waals surface area contributed by atoms with E-state index in [4.69, 9.17) is 24.9 Å². The van der Waals surface area contributed by atoms with Crippen LogP contribution in [0.1, 0.15) is 5.56 Å². The van der Waals surface area contributed by atoms with Gasteiger partial charge in [0.05, 0.1) is 22.4 Å². The van der Waals surface area contributed by atoms with Crippen molar-refractivity contribution in [3.8, 4) is 62.6 Å². The van der Waals surface area contributed by atoms with Gasteiger partial charge in [0.1, 0.15) is 0 Å². The zero-order valence-electron chi connectivity index (χ0n) is 27.3. The molecule has 3 aromatic heterocycles. The number of fused-ring (bicyclic) bond motifs is 3. The molecular weight excluding hydrogens is 613 g/mol. The van der Waals surface area contributed by atoms with Crippen molar-refractivity contribution in [2.75, 3.05) is 0 Å². The summed E-state index contributed by atoms with van der Waals surface area (Å²) in [6, 6.07) is 55.7. The first-order chi connectivity index (χ1) is 24.7. The predicted molar refractivity (Wildman–Crippen MR) is 202 cm³/mol. The van der Waals surface area contributed by atoms with E-state index in [0.717, 1.165) is 61.0 Å². The second-order valence-corrected chi connectivity index (χ2v) is 12.3. The molecule has 0 saturated carbocycles. The predicted octanol–water partition coefficient (Wildman–Crippen LogP) is 10.4. The van der Waals surface area contributed by atoms with Gasteiger partial charge in [-0.1, -0.05) is 133 Å². The first-order valence-corrected chi connectivity index (χ1v) is 16.6. The molecule has 0 aliphatic rings. The van der Waals surface area contributed by atoms with E-state index in [2.05, 4.69) is 78.2 Å². The van der Waals surface area contributed by atoms with Gasteiger partial charge in [-0.3, -0.25) is 4.57 Å². The fourth-order valence-electron chi connectivity index (χ4n) is 6.48. The van der Waals surface area contributed by atoms with Crippen molar-refractivity contribution in [3.05, 3.63) is 169 Å². The lowest BCUT2D eigenvalue weighted by atomic mass is 10.1. The Balaban J connectivity index is 1.27. The summed E-state index contributed by atoms with van der Waals surface area (Å²) < 4.78 is 2.17. The van der Waals surface area contributed by atoms with Crippen molar-refractivity contribution in [1.82, 2.24) is 29.5 Å². The monoisotopic (exact) mass is 642 g/mol. The molecule has 0 fully saturated rings. The van der Waals surface area contributed by atoms with Gasteiger partial charge in [-0.15, -0.1) is 0 Å². The Bertz CT molecular complexity index is 2520. The molecule has 0 spiro atoms. The van der Waals surface area contributed by atoms with Crippen LogP contribution in [0, 0.1) is 6.92 Å². The van der Waals surface area contributed by atoms with Gasteiger partial charge >= 0.3 is 0 Å². The molecule has 0 atom stereocenters. The van der Waals surface area contributed by atoms with E-state index < -0.39 is 0 Å². The third-order valence-corrected chi connectivity index (χ3v) is 8.93. The summed E-state index contributed by atoms with van der Waals surface area (Å²) in [6.07, 6.45) is 0. The lowest BCUT2D eigenvalue weighted by molar-refractivity contribution is 0.995. The highest BCUT2D eigenvalue weighted by atomic mass is 15.2. The van der Waals surface area contributed by atoms with Crippen LogP contribution in [0.5, 0.6) is 0 Å². The quantitative estimate of drug-likeness (QED) is 0.181. The van der Waals surface area contributed by atoms with Crippen molar-refractivity contribution < 1.29 is 0 Å². The van der Waals surface area contributed by atoms with E-state index in [9.17, 15) is 0 Å². The largest absolute Gasteiger partial charge is 0.278 e. The third kappa shape index (κ3) is 5.39. The van der Waals surface area contributed by atoms with Gasteiger partial charge < -0.3 is 0 Å². The molecule has 50 heavy (non-hydrogen) atoms. The van der Waals surface area contributed by atoms with Crippen LogP contribution in [-0.4, -0.2) is 29.5 Å². The lowest BCUT2D eigenvalue weighted by Gasteiger charge is -2.12. The van der Waals surface area contributed by atoms with Gasteiger partial charge in [-0.05, 0) is 43.3 Å². The van der Waals surface area contributed by atoms with Crippen LogP contribution >= 0.6 is 0 Å². The Morgan fingerprint density at radius 2 is 0.780 bits per heavy atom. The molecular formula is C44H30N6. The van der Waals surface area contributed by atoms with Crippen LogP contribution in [0.3, 0.4) is 0 Å². The SMILES string of the molecule is Cc1ccc2c(c1)c1cc(-c3nc(-c4ccccc4)nc(-c4ccccc4)n3)ccc1n2-c1nc(-c2ccccc2)cc(-c2ccccc2)n1. The number of aromatic nitrogens is 6. The Morgan fingerprint density at radius 3 is 1.28 bits per heavy atom. The van der Waals surface area contributed by atoms with E-state index in [1.807, 2.05) is 97.1 Å². The average molecular weight is 643 g/mol. The van der Waals surface area contributed by atoms with Crippen molar-refractivity contribution in [3.63, 3.8) is 0 Å². The fourth-order valence-corrected chi connectivity index (χ4v) is 6.48. The van der Waals surface area contributed by atoms with E-state index in [1.54, 1.807) is 0 Å². The zero-order chi connectivity index (χ0) is 33.4. The number of aryl methyl sites for hydroxylation is 1. The van der Waals surface area contributed by atoms with Crippen LogP contribution in [0.15, 0.2) is 164 Å². The topological polar surface area (TPSA) is 69.4 Å². The molecule has 0 radical (unpaired) electrons. The second kappa shape index (κ2) is 12.3. The molecule has 0 saturated heterocycles. The lowest BCUT2D eigenvalue weighted by Crippen LogP contribution is -2.04. The number of hydrogen-bond donors (Lipinski definition) is 0. The highest BCUT2D eigenvalue weighted by Gasteiger charge is 2.19. The van der Waals surface area contributed by atoms with Crippen molar-refractivity contribution in [2.24, 2.45) is 0 Å². The third-order valence-electron chi connectivity index (χ3n) is 8.93. The molecule has 0 amide bonds. The van der Waals surface area contributed by atoms with Crippen LogP contribution in [0.2, 0.25) is 0 Å². The minimum absolute atomic E-state index is 0.611. The molecule has 0 N–H and O–H groups in total. The minimum atomic E-state index is 0.611. The Hall–Kier alpha value is -6.79. The molecule has 0 aliphatic heterocycles. The summed E-state index contributed by atoms with van der Waals surface area (Å²) in [5.74, 6) is 2.49. The summed E-state index contributed by atoms with van der Waals surface area (Å²) in [4.78, 5) is 25.3. The highest BCUT2D eigenvalue weighted by molar-refractivity contribution is 6.10. The Labute approximate surface area is 289 Å². The molecule has 6 heteroatoms. The van der Waals surface area contributed by atoms with Gasteiger partial charge in [0.2, 0.25) is 5.95 Å². The zero-order valence-corrected chi connectivity index (χ0v) is 27.3. The minimum Gasteiger partial charge on any atom is -0.278 e. The van der Waals surface area contributed by atoms with Gasteiger partial charge in [-0.2, -0.15) is 0 Å². The fraction of sp³-hybridized carbons (Fsp3) is 0.0227. The summed E-state index contributed by atoms with van der Waals surface area (Å²) in [5.41, 5.74) is 9.76. The summed E-state index contributed by atoms with van der Waals surface area (Å²) in [5, 5.41) is 2.18. The molecule has 0 unspecified atom stereocenters. The van der Waals surface area contributed by atoms with Crippen LogP contribution in [-0.2, 0) is 0 Å².